The van der Waals surface area contributed by atoms with E-state index in [2.05, 4.69) is 11.7 Å². The maximum Gasteiger partial charge on any atom is 0.325 e. The first-order valence-corrected chi connectivity index (χ1v) is 7.99. The van der Waals surface area contributed by atoms with Crippen molar-refractivity contribution in [2.24, 2.45) is 5.73 Å². The second kappa shape index (κ2) is 12.2. The average molecular weight is 287 g/mol. The summed E-state index contributed by atoms with van der Waals surface area (Å²) in [4.78, 5) is 11.4. The fourth-order valence-electron chi connectivity index (χ4n) is 2.12. The van der Waals surface area contributed by atoms with Crippen LogP contribution in [0.2, 0.25) is 0 Å². The van der Waals surface area contributed by atoms with E-state index in [1.165, 1.54) is 39.2 Å². The molecule has 0 fully saturated rings. The summed E-state index contributed by atoms with van der Waals surface area (Å²) in [5, 5.41) is 0. The summed E-state index contributed by atoms with van der Waals surface area (Å²) in [7, 11) is 1.37. The molecule has 0 aromatic carbocycles. The van der Waals surface area contributed by atoms with Gasteiger partial charge in [-0.3, -0.25) is 4.79 Å². The molecule has 0 aromatic rings. The van der Waals surface area contributed by atoms with Gasteiger partial charge in [-0.1, -0.05) is 39.0 Å². The Morgan fingerprint density at radius 3 is 2.15 bits per heavy atom. The van der Waals surface area contributed by atoms with Gasteiger partial charge in [-0.2, -0.15) is 0 Å². The van der Waals surface area contributed by atoms with Crippen LogP contribution in [-0.2, 0) is 14.3 Å². The minimum atomic E-state index is -0.867. The molecule has 0 saturated carbocycles. The highest BCUT2D eigenvalue weighted by Gasteiger charge is 2.28. The van der Waals surface area contributed by atoms with Crippen LogP contribution >= 0.6 is 0 Å². The zero-order chi connectivity index (χ0) is 15.3. The number of carbonyl (C=O) groups excluding carboxylic acids is 1. The first kappa shape index (κ1) is 19.4. The number of hydrogen-bond acceptors (Lipinski definition) is 4. The van der Waals surface area contributed by atoms with Gasteiger partial charge < -0.3 is 15.2 Å². The van der Waals surface area contributed by atoms with Gasteiger partial charge >= 0.3 is 5.97 Å². The number of esters is 1. The van der Waals surface area contributed by atoms with Gasteiger partial charge in [-0.25, -0.2) is 0 Å². The van der Waals surface area contributed by atoms with Gasteiger partial charge in [0.1, 0.15) is 5.54 Å². The monoisotopic (exact) mass is 287 g/mol. The molecule has 1 atom stereocenters. The molecule has 0 aromatic heterocycles. The number of unbranched alkanes of at least 4 members (excludes halogenated alkanes) is 6. The van der Waals surface area contributed by atoms with Gasteiger partial charge in [0, 0.05) is 13.2 Å². The van der Waals surface area contributed by atoms with Gasteiger partial charge in [-0.15, -0.1) is 0 Å². The minimum absolute atomic E-state index is 0.342. The standard InChI is InChI=1S/C16H33NO3/c1-4-5-6-7-8-10-13-20-14-11-9-12-16(2,17)15(18)19-3/h4-14,17H2,1-3H3. The van der Waals surface area contributed by atoms with E-state index in [1.54, 1.807) is 6.92 Å². The predicted octanol–water partition coefficient (Wildman–Crippen LogP) is 3.42. The second-order valence-corrected chi connectivity index (χ2v) is 5.75. The van der Waals surface area contributed by atoms with Crippen molar-refractivity contribution in [2.45, 2.75) is 77.2 Å². The smallest absolute Gasteiger partial charge is 0.325 e. The van der Waals surface area contributed by atoms with Crippen LogP contribution in [0.4, 0.5) is 0 Å². The highest BCUT2D eigenvalue weighted by molar-refractivity contribution is 5.79. The van der Waals surface area contributed by atoms with Crippen molar-refractivity contribution in [3.8, 4) is 0 Å². The first-order valence-electron chi connectivity index (χ1n) is 7.99. The number of carbonyl (C=O) groups is 1. The SMILES string of the molecule is CCCCCCCCOCCCCC(C)(N)C(=O)OC. The van der Waals surface area contributed by atoms with Crippen LogP contribution < -0.4 is 5.73 Å². The molecular weight excluding hydrogens is 254 g/mol. The molecule has 0 amide bonds. The Balaban J connectivity index is 3.30. The predicted molar refractivity (Wildman–Crippen MR) is 82.7 cm³/mol. The highest BCUT2D eigenvalue weighted by Crippen LogP contribution is 2.12. The van der Waals surface area contributed by atoms with Gasteiger partial charge in [0.15, 0.2) is 0 Å². The van der Waals surface area contributed by atoms with Gasteiger partial charge in [0.25, 0.3) is 0 Å². The zero-order valence-electron chi connectivity index (χ0n) is 13.6. The summed E-state index contributed by atoms with van der Waals surface area (Å²) < 4.78 is 10.3. The number of hydrogen-bond donors (Lipinski definition) is 1. The molecular formula is C16H33NO3. The van der Waals surface area contributed by atoms with Crippen molar-refractivity contribution < 1.29 is 14.3 Å². The van der Waals surface area contributed by atoms with Crippen molar-refractivity contribution in [3.05, 3.63) is 0 Å². The van der Waals surface area contributed by atoms with Crippen LogP contribution in [-0.4, -0.2) is 31.8 Å². The molecule has 1 unspecified atom stereocenters. The highest BCUT2D eigenvalue weighted by atomic mass is 16.5. The van der Waals surface area contributed by atoms with Crippen molar-refractivity contribution in [3.63, 3.8) is 0 Å². The topological polar surface area (TPSA) is 61.5 Å². The van der Waals surface area contributed by atoms with E-state index in [0.717, 1.165) is 32.5 Å². The molecule has 120 valence electrons. The van der Waals surface area contributed by atoms with E-state index in [9.17, 15) is 4.79 Å². The van der Waals surface area contributed by atoms with E-state index in [4.69, 9.17) is 10.5 Å². The first-order chi connectivity index (χ1) is 9.54. The molecule has 0 aliphatic rings. The molecule has 0 aliphatic carbocycles. The van der Waals surface area contributed by atoms with E-state index in [-0.39, 0.29) is 5.97 Å². The Labute approximate surface area is 124 Å². The molecule has 0 spiro atoms. The van der Waals surface area contributed by atoms with Crippen molar-refractivity contribution in [1.29, 1.82) is 0 Å². The van der Waals surface area contributed by atoms with Crippen LogP contribution in [0, 0.1) is 0 Å². The third-order valence-corrected chi connectivity index (χ3v) is 3.53. The Kier molecular flexibility index (Phi) is 11.8. The largest absolute Gasteiger partial charge is 0.468 e. The molecule has 4 heteroatoms. The van der Waals surface area contributed by atoms with Crippen molar-refractivity contribution >= 4 is 5.97 Å². The third kappa shape index (κ3) is 10.2. The van der Waals surface area contributed by atoms with E-state index < -0.39 is 5.54 Å². The number of methoxy groups -OCH3 is 1. The maximum atomic E-state index is 11.4. The Morgan fingerprint density at radius 2 is 1.55 bits per heavy atom. The second-order valence-electron chi connectivity index (χ2n) is 5.75. The molecule has 2 N–H and O–H groups in total. The quantitative estimate of drug-likeness (QED) is 0.416. The third-order valence-electron chi connectivity index (χ3n) is 3.53. The molecule has 4 nitrogen and oxygen atoms in total. The van der Waals surface area contributed by atoms with Crippen molar-refractivity contribution in [2.75, 3.05) is 20.3 Å². The summed E-state index contributed by atoms with van der Waals surface area (Å²) in [5.41, 5.74) is 5.01. The van der Waals surface area contributed by atoms with Crippen molar-refractivity contribution in [1.82, 2.24) is 0 Å². The summed E-state index contributed by atoms with van der Waals surface area (Å²) >= 11 is 0. The summed E-state index contributed by atoms with van der Waals surface area (Å²) in [5.74, 6) is -0.342. The van der Waals surface area contributed by atoms with E-state index in [0.29, 0.717) is 6.42 Å². The molecule has 0 heterocycles. The fraction of sp³-hybridized carbons (Fsp3) is 0.938. The normalized spacial score (nSPS) is 14.0. The number of ether oxygens (including phenoxy) is 2. The molecule has 0 rings (SSSR count). The van der Waals surface area contributed by atoms with Crippen LogP contribution in [0.1, 0.15) is 71.6 Å². The lowest BCUT2D eigenvalue weighted by molar-refractivity contribution is -0.146. The molecule has 0 aliphatic heterocycles. The Hall–Kier alpha value is -0.610. The van der Waals surface area contributed by atoms with Gasteiger partial charge in [-0.05, 0) is 32.6 Å². The van der Waals surface area contributed by atoms with E-state index in [1.807, 2.05) is 0 Å². The zero-order valence-corrected chi connectivity index (χ0v) is 13.6. The lowest BCUT2D eigenvalue weighted by atomic mass is 9.96. The average Bonchev–Trinajstić information content (AvgIpc) is 2.43. The summed E-state index contributed by atoms with van der Waals surface area (Å²) in [6.07, 6.45) is 10.2. The maximum absolute atomic E-state index is 11.4. The fourth-order valence-corrected chi connectivity index (χ4v) is 2.12. The molecule has 0 radical (unpaired) electrons. The lowest BCUT2D eigenvalue weighted by Gasteiger charge is -2.20. The van der Waals surface area contributed by atoms with Crippen LogP contribution in [0.25, 0.3) is 0 Å². The summed E-state index contributed by atoms with van der Waals surface area (Å²) in [6, 6.07) is 0. The molecule has 0 bridgehead atoms. The van der Waals surface area contributed by atoms with Gasteiger partial charge in [0.2, 0.25) is 0 Å². The van der Waals surface area contributed by atoms with E-state index >= 15 is 0 Å². The lowest BCUT2D eigenvalue weighted by Crippen LogP contribution is -2.45. The minimum Gasteiger partial charge on any atom is -0.468 e. The Bertz CT molecular complexity index is 242. The van der Waals surface area contributed by atoms with Crippen LogP contribution in [0.3, 0.4) is 0 Å². The van der Waals surface area contributed by atoms with Crippen LogP contribution in [0.15, 0.2) is 0 Å². The van der Waals surface area contributed by atoms with Crippen LogP contribution in [0.5, 0.6) is 0 Å². The molecule has 20 heavy (non-hydrogen) atoms. The summed E-state index contributed by atoms with van der Waals surface area (Å²) in [6.45, 7) is 5.56. The number of nitrogens with two attached hydrogens (primary N) is 1. The van der Waals surface area contributed by atoms with Gasteiger partial charge in [0.05, 0.1) is 7.11 Å². The Morgan fingerprint density at radius 1 is 1.00 bits per heavy atom. The number of rotatable bonds is 13. The molecule has 0 saturated heterocycles.